The van der Waals surface area contributed by atoms with Gasteiger partial charge in [0, 0.05) is 12.7 Å². The molecule has 0 aliphatic carbocycles. The molecule has 0 spiro atoms. The molecule has 0 bridgehead atoms. The third kappa shape index (κ3) is 5.64. The first kappa shape index (κ1) is 14.5. The van der Waals surface area contributed by atoms with Crippen LogP contribution in [0.15, 0.2) is 42.5 Å². The van der Waals surface area contributed by atoms with Gasteiger partial charge < -0.3 is 9.84 Å². The Hall–Kier alpha value is -1.61. The number of esters is 1. The first-order valence-corrected chi connectivity index (χ1v) is 6.17. The fourth-order valence-corrected chi connectivity index (χ4v) is 1.82. The number of ether oxygens (including phenoxy) is 1. The van der Waals surface area contributed by atoms with Crippen molar-refractivity contribution in [2.45, 2.75) is 19.3 Å². The molecule has 0 aliphatic heterocycles. The van der Waals surface area contributed by atoms with Crippen LogP contribution in [0.25, 0.3) is 0 Å². The van der Waals surface area contributed by atoms with Crippen molar-refractivity contribution >= 4 is 5.97 Å². The minimum Gasteiger partial charge on any atom is -0.466 e. The minimum absolute atomic E-state index is 0.178. The van der Waals surface area contributed by atoms with Crippen LogP contribution in [-0.2, 0) is 16.0 Å². The van der Waals surface area contributed by atoms with Gasteiger partial charge in [0.1, 0.15) is 0 Å². The SMILES string of the molecule is COC(=O)/C=C\C(CCCO)Cc1ccccc1. The summed E-state index contributed by atoms with van der Waals surface area (Å²) in [5, 5.41) is 8.89. The molecule has 0 amide bonds. The second-order valence-electron chi connectivity index (χ2n) is 4.20. The van der Waals surface area contributed by atoms with E-state index in [0.717, 1.165) is 19.3 Å². The predicted molar refractivity (Wildman–Crippen MR) is 71.1 cm³/mol. The molecule has 1 N–H and O–H groups in total. The predicted octanol–water partition coefficient (Wildman–Crippen LogP) is 2.35. The molecule has 1 rings (SSSR count). The highest BCUT2D eigenvalue weighted by Gasteiger charge is 2.07. The maximum absolute atomic E-state index is 11.1. The molecule has 3 nitrogen and oxygen atoms in total. The number of aliphatic hydroxyl groups is 1. The van der Waals surface area contributed by atoms with E-state index in [1.54, 1.807) is 0 Å². The maximum Gasteiger partial charge on any atom is 0.330 e. The third-order valence-corrected chi connectivity index (χ3v) is 2.78. The smallest absolute Gasteiger partial charge is 0.330 e. The van der Waals surface area contributed by atoms with E-state index in [0.29, 0.717) is 0 Å². The molecule has 0 aliphatic rings. The van der Waals surface area contributed by atoms with E-state index < -0.39 is 0 Å². The van der Waals surface area contributed by atoms with Gasteiger partial charge in [-0.15, -0.1) is 0 Å². The van der Waals surface area contributed by atoms with E-state index in [9.17, 15) is 4.79 Å². The molecule has 1 unspecified atom stereocenters. The molecule has 1 atom stereocenters. The Balaban J connectivity index is 2.60. The number of aliphatic hydroxyl groups excluding tert-OH is 1. The van der Waals surface area contributed by atoms with Crippen molar-refractivity contribution in [1.82, 2.24) is 0 Å². The van der Waals surface area contributed by atoms with Crippen LogP contribution < -0.4 is 0 Å². The Labute approximate surface area is 108 Å². The zero-order chi connectivity index (χ0) is 13.2. The number of benzene rings is 1. The van der Waals surface area contributed by atoms with E-state index >= 15 is 0 Å². The summed E-state index contributed by atoms with van der Waals surface area (Å²) in [6.07, 6.45) is 5.80. The molecule has 0 fully saturated rings. The van der Waals surface area contributed by atoms with Crippen LogP contribution in [0.5, 0.6) is 0 Å². The lowest BCUT2D eigenvalue weighted by Crippen LogP contribution is -2.04. The van der Waals surface area contributed by atoms with Crippen LogP contribution in [0.4, 0.5) is 0 Å². The zero-order valence-electron chi connectivity index (χ0n) is 10.7. The lowest BCUT2D eigenvalue weighted by atomic mass is 9.94. The molecule has 0 radical (unpaired) electrons. The number of carbonyl (C=O) groups excluding carboxylic acids is 1. The Kier molecular flexibility index (Phi) is 6.81. The molecule has 0 aromatic heterocycles. The summed E-state index contributed by atoms with van der Waals surface area (Å²) in [6, 6.07) is 10.1. The average Bonchev–Trinajstić information content (AvgIpc) is 2.42. The first-order valence-electron chi connectivity index (χ1n) is 6.17. The number of rotatable bonds is 7. The molecule has 18 heavy (non-hydrogen) atoms. The molecule has 3 heteroatoms. The summed E-state index contributed by atoms with van der Waals surface area (Å²) in [6.45, 7) is 0.178. The van der Waals surface area contributed by atoms with E-state index in [4.69, 9.17) is 5.11 Å². The third-order valence-electron chi connectivity index (χ3n) is 2.78. The molecule has 0 saturated heterocycles. The van der Waals surface area contributed by atoms with Gasteiger partial charge in [0.2, 0.25) is 0 Å². The van der Waals surface area contributed by atoms with Crippen LogP contribution in [0.3, 0.4) is 0 Å². The molecule has 0 heterocycles. The van der Waals surface area contributed by atoms with Gasteiger partial charge in [-0.25, -0.2) is 4.79 Å². The standard InChI is InChI=1S/C15H20O3/c1-18-15(17)10-9-14(8-5-11-16)12-13-6-3-2-4-7-13/h2-4,6-7,9-10,14,16H,5,8,11-12H2,1H3/b10-9-. The highest BCUT2D eigenvalue weighted by Crippen LogP contribution is 2.15. The topological polar surface area (TPSA) is 46.5 Å². The summed E-state index contributed by atoms with van der Waals surface area (Å²) < 4.78 is 4.58. The van der Waals surface area contributed by atoms with Gasteiger partial charge >= 0.3 is 5.97 Å². The lowest BCUT2D eigenvalue weighted by Gasteiger charge is -2.12. The zero-order valence-corrected chi connectivity index (χ0v) is 10.7. The number of carbonyl (C=O) groups is 1. The van der Waals surface area contributed by atoms with Gasteiger partial charge in [-0.1, -0.05) is 36.4 Å². The number of methoxy groups -OCH3 is 1. The average molecular weight is 248 g/mol. The van der Waals surface area contributed by atoms with Crippen molar-refractivity contribution in [1.29, 1.82) is 0 Å². The second-order valence-corrected chi connectivity index (χ2v) is 4.20. The number of allylic oxidation sites excluding steroid dienone is 1. The molecular formula is C15H20O3. The Morgan fingerprint density at radius 3 is 2.72 bits per heavy atom. The molecule has 0 saturated carbocycles. The van der Waals surface area contributed by atoms with Gasteiger partial charge in [0.25, 0.3) is 0 Å². The highest BCUT2D eigenvalue weighted by atomic mass is 16.5. The molecule has 98 valence electrons. The van der Waals surface area contributed by atoms with Gasteiger partial charge in [0.15, 0.2) is 0 Å². The van der Waals surface area contributed by atoms with Gasteiger partial charge in [-0.05, 0) is 30.7 Å². The van der Waals surface area contributed by atoms with Gasteiger partial charge in [0.05, 0.1) is 7.11 Å². The van der Waals surface area contributed by atoms with Crippen LogP contribution in [0.1, 0.15) is 18.4 Å². The summed E-state index contributed by atoms with van der Waals surface area (Å²) in [5.41, 5.74) is 1.23. The lowest BCUT2D eigenvalue weighted by molar-refractivity contribution is -0.134. The quantitative estimate of drug-likeness (QED) is 0.595. The van der Waals surface area contributed by atoms with Crippen LogP contribution in [0, 0.1) is 5.92 Å². The van der Waals surface area contributed by atoms with Crippen molar-refractivity contribution in [2.24, 2.45) is 5.92 Å². The van der Waals surface area contributed by atoms with Crippen LogP contribution in [-0.4, -0.2) is 24.8 Å². The molecule has 1 aromatic carbocycles. The van der Waals surface area contributed by atoms with Crippen molar-refractivity contribution < 1.29 is 14.6 Å². The normalized spacial score (nSPS) is 12.6. The largest absolute Gasteiger partial charge is 0.466 e. The van der Waals surface area contributed by atoms with Crippen molar-refractivity contribution in [3.8, 4) is 0 Å². The maximum atomic E-state index is 11.1. The second kappa shape index (κ2) is 8.48. The summed E-state index contributed by atoms with van der Waals surface area (Å²) in [5.74, 6) is -0.0873. The highest BCUT2D eigenvalue weighted by molar-refractivity contribution is 5.81. The summed E-state index contributed by atoms with van der Waals surface area (Å²) in [7, 11) is 1.37. The fourth-order valence-electron chi connectivity index (χ4n) is 1.82. The Bertz CT molecular complexity index is 371. The number of hydrogen-bond acceptors (Lipinski definition) is 3. The number of hydrogen-bond donors (Lipinski definition) is 1. The van der Waals surface area contributed by atoms with E-state index in [-0.39, 0.29) is 18.5 Å². The summed E-state index contributed by atoms with van der Waals surface area (Å²) in [4.78, 5) is 11.1. The van der Waals surface area contributed by atoms with E-state index in [2.05, 4.69) is 16.9 Å². The Morgan fingerprint density at radius 1 is 1.39 bits per heavy atom. The van der Waals surface area contributed by atoms with Crippen LogP contribution >= 0.6 is 0 Å². The molecule has 1 aromatic rings. The minimum atomic E-state index is -0.336. The Morgan fingerprint density at radius 2 is 2.11 bits per heavy atom. The van der Waals surface area contributed by atoms with E-state index in [1.807, 2.05) is 24.3 Å². The van der Waals surface area contributed by atoms with E-state index in [1.165, 1.54) is 18.7 Å². The van der Waals surface area contributed by atoms with Crippen LogP contribution in [0.2, 0.25) is 0 Å². The van der Waals surface area contributed by atoms with Crippen molar-refractivity contribution in [2.75, 3.05) is 13.7 Å². The van der Waals surface area contributed by atoms with Gasteiger partial charge in [-0.2, -0.15) is 0 Å². The van der Waals surface area contributed by atoms with Gasteiger partial charge in [-0.3, -0.25) is 0 Å². The molecular weight excluding hydrogens is 228 g/mol. The van der Waals surface area contributed by atoms with Crippen molar-refractivity contribution in [3.63, 3.8) is 0 Å². The fraction of sp³-hybridized carbons (Fsp3) is 0.400. The summed E-state index contributed by atoms with van der Waals surface area (Å²) >= 11 is 0. The first-order chi connectivity index (χ1) is 8.76. The monoisotopic (exact) mass is 248 g/mol. The van der Waals surface area contributed by atoms with Crippen molar-refractivity contribution in [3.05, 3.63) is 48.0 Å².